The third-order valence-corrected chi connectivity index (χ3v) is 2.71. The number of aryl methyl sites for hydroxylation is 1. The van der Waals surface area contributed by atoms with Crippen molar-refractivity contribution in [2.45, 2.75) is 33.2 Å². The van der Waals surface area contributed by atoms with E-state index in [1.807, 2.05) is 36.1 Å². The minimum atomic E-state index is -0.781. The molecule has 0 amide bonds. The lowest BCUT2D eigenvalue weighted by Crippen LogP contribution is -2.40. The largest absolute Gasteiger partial charge is 0.480 e. The second-order valence-corrected chi connectivity index (χ2v) is 3.99. The number of hydrogen-bond donors (Lipinski definition) is 1. The number of anilines is 1. The molecular formula is C13H19NO2. The van der Waals surface area contributed by atoms with Crippen LogP contribution in [0.4, 0.5) is 5.69 Å². The van der Waals surface area contributed by atoms with E-state index in [0.717, 1.165) is 24.2 Å². The van der Waals surface area contributed by atoms with Gasteiger partial charge in [-0.1, -0.05) is 25.1 Å². The molecule has 1 aromatic rings. The van der Waals surface area contributed by atoms with Gasteiger partial charge in [0.15, 0.2) is 0 Å². The normalized spacial score (nSPS) is 12.2. The Balaban J connectivity index is 3.02. The van der Waals surface area contributed by atoms with Gasteiger partial charge < -0.3 is 10.0 Å². The highest BCUT2D eigenvalue weighted by molar-refractivity contribution is 5.78. The summed E-state index contributed by atoms with van der Waals surface area (Å²) in [4.78, 5) is 13.0. The molecule has 0 aliphatic heterocycles. The summed E-state index contributed by atoms with van der Waals surface area (Å²) in [5.74, 6) is -0.781. The van der Waals surface area contributed by atoms with Crippen LogP contribution in [0.3, 0.4) is 0 Å². The van der Waals surface area contributed by atoms with Gasteiger partial charge in [0, 0.05) is 12.2 Å². The van der Waals surface area contributed by atoms with E-state index in [1.165, 1.54) is 0 Å². The summed E-state index contributed by atoms with van der Waals surface area (Å²) in [6.45, 7) is 6.55. The number of aliphatic carboxylic acids is 1. The monoisotopic (exact) mass is 221 g/mol. The van der Waals surface area contributed by atoms with Crippen LogP contribution in [0.25, 0.3) is 0 Å². The third kappa shape index (κ3) is 2.75. The van der Waals surface area contributed by atoms with Crippen molar-refractivity contribution in [3.05, 3.63) is 29.8 Å². The van der Waals surface area contributed by atoms with Gasteiger partial charge in [-0.25, -0.2) is 4.79 Å². The highest BCUT2D eigenvalue weighted by atomic mass is 16.4. The van der Waals surface area contributed by atoms with Gasteiger partial charge in [0.05, 0.1) is 0 Å². The molecule has 1 atom stereocenters. The van der Waals surface area contributed by atoms with Crippen molar-refractivity contribution in [3.63, 3.8) is 0 Å². The lowest BCUT2D eigenvalue weighted by atomic mass is 10.1. The predicted octanol–water partition coefficient (Wildman–Crippen LogP) is 2.68. The number of hydrogen-bond acceptors (Lipinski definition) is 2. The van der Waals surface area contributed by atoms with Crippen LogP contribution in [0.2, 0.25) is 0 Å². The molecule has 3 nitrogen and oxygen atoms in total. The van der Waals surface area contributed by atoms with Crippen LogP contribution in [0.5, 0.6) is 0 Å². The Morgan fingerprint density at radius 3 is 2.56 bits per heavy atom. The van der Waals surface area contributed by atoms with Gasteiger partial charge in [-0.05, 0) is 31.9 Å². The lowest BCUT2D eigenvalue weighted by Gasteiger charge is -2.29. The number of rotatable bonds is 5. The Kier molecular flexibility index (Phi) is 4.35. The molecule has 1 N–H and O–H groups in total. The van der Waals surface area contributed by atoms with Gasteiger partial charge >= 0.3 is 5.97 Å². The summed E-state index contributed by atoms with van der Waals surface area (Å²) in [7, 11) is 0. The molecule has 0 aromatic heterocycles. The molecule has 0 spiro atoms. The lowest BCUT2D eigenvalue weighted by molar-refractivity contribution is -0.138. The van der Waals surface area contributed by atoms with Crippen molar-refractivity contribution < 1.29 is 9.90 Å². The van der Waals surface area contributed by atoms with Crippen LogP contribution in [0.1, 0.15) is 25.8 Å². The first-order valence-electron chi connectivity index (χ1n) is 5.63. The topological polar surface area (TPSA) is 40.5 Å². The van der Waals surface area contributed by atoms with E-state index in [1.54, 1.807) is 6.92 Å². The fourth-order valence-corrected chi connectivity index (χ4v) is 1.78. The number of nitrogens with zero attached hydrogens (tertiary/aromatic N) is 1. The molecule has 0 heterocycles. The van der Waals surface area contributed by atoms with Crippen LogP contribution in [0, 0.1) is 6.92 Å². The minimum absolute atomic E-state index is 0.485. The summed E-state index contributed by atoms with van der Waals surface area (Å²) in [6, 6.07) is 7.41. The maximum absolute atomic E-state index is 11.1. The standard InChI is InChI=1S/C13H19NO2/c1-4-9-14(11(3)13(15)16)12-8-6-5-7-10(12)2/h5-8,11H,4,9H2,1-3H3,(H,15,16)/t11-/m1/s1. The van der Waals surface area contributed by atoms with Crippen LogP contribution >= 0.6 is 0 Å². The number of benzene rings is 1. The first-order chi connectivity index (χ1) is 7.57. The van der Waals surface area contributed by atoms with Crippen molar-refractivity contribution in [2.75, 3.05) is 11.4 Å². The van der Waals surface area contributed by atoms with E-state index in [4.69, 9.17) is 5.11 Å². The third-order valence-electron chi connectivity index (χ3n) is 2.71. The Bertz CT molecular complexity index is 363. The molecule has 0 saturated carbocycles. The van der Waals surface area contributed by atoms with Gasteiger partial charge in [0.2, 0.25) is 0 Å². The van der Waals surface area contributed by atoms with Crippen LogP contribution in [-0.2, 0) is 4.79 Å². The zero-order valence-corrected chi connectivity index (χ0v) is 10.1. The quantitative estimate of drug-likeness (QED) is 0.831. The van der Waals surface area contributed by atoms with E-state index >= 15 is 0 Å². The van der Waals surface area contributed by atoms with Gasteiger partial charge in [0.1, 0.15) is 6.04 Å². The number of carboxylic acid groups (broad SMARTS) is 1. The highest BCUT2D eigenvalue weighted by Crippen LogP contribution is 2.21. The van der Waals surface area contributed by atoms with Crippen molar-refractivity contribution in [2.24, 2.45) is 0 Å². The van der Waals surface area contributed by atoms with Crippen molar-refractivity contribution >= 4 is 11.7 Å². The van der Waals surface area contributed by atoms with Crippen LogP contribution < -0.4 is 4.90 Å². The van der Waals surface area contributed by atoms with Crippen molar-refractivity contribution in [3.8, 4) is 0 Å². The zero-order valence-electron chi connectivity index (χ0n) is 10.1. The van der Waals surface area contributed by atoms with Gasteiger partial charge in [-0.3, -0.25) is 0 Å². The fraction of sp³-hybridized carbons (Fsp3) is 0.462. The zero-order chi connectivity index (χ0) is 12.1. The van der Waals surface area contributed by atoms with Crippen molar-refractivity contribution in [1.29, 1.82) is 0 Å². The number of para-hydroxylation sites is 1. The maximum atomic E-state index is 11.1. The average molecular weight is 221 g/mol. The molecule has 0 saturated heterocycles. The van der Waals surface area contributed by atoms with Crippen molar-refractivity contribution in [1.82, 2.24) is 0 Å². The molecular weight excluding hydrogens is 202 g/mol. The first-order valence-corrected chi connectivity index (χ1v) is 5.63. The van der Waals surface area contributed by atoms with E-state index in [9.17, 15) is 4.79 Å². The molecule has 0 unspecified atom stereocenters. The maximum Gasteiger partial charge on any atom is 0.326 e. The average Bonchev–Trinajstić information content (AvgIpc) is 2.26. The molecule has 16 heavy (non-hydrogen) atoms. The highest BCUT2D eigenvalue weighted by Gasteiger charge is 2.20. The molecule has 0 aliphatic rings. The molecule has 0 bridgehead atoms. The molecule has 1 aromatic carbocycles. The molecule has 0 aliphatic carbocycles. The summed E-state index contributed by atoms with van der Waals surface area (Å²) in [5.41, 5.74) is 2.13. The Labute approximate surface area is 96.7 Å². The van der Waals surface area contributed by atoms with Crippen LogP contribution in [0.15, 0.2) is 24.3 Å². The fourth-order valence-electron chi connectivity index (χ4n) is 1.78. The first kappa shape index (κ1) is 12.6. The van der Waals surface area contributed by atoms with Gasteiger partial charge in [-0.15, -0.1) is 0 Å². The molecule has 0 radical (unpaired) electrons. The van der Waals surface area contributed by atoms with E-state index in [0.29, 0.717) is 0 Å². The smallest absolute Gasteiger partial charge is 0.326 e. The Morgan fingerprint density at radius 1 is 1.44 bits per heavy atom. The second-order valence-electron chi connectivity index (χ2n) is 3.99. The number of carbonyl (C=O) groups is 1. The van der Waals surface area contributed by atoms with E-state index < -0.39 is 12.0 Å². The summed E-state index contributed by atoms with van der Waals surface area (Å²) >= 11 is 0. The Hall–Kier alpha value is -1.51. The summed E-state index contributed by atoms with van der Waals surface area (Å²) < 4.78 is 0. The predicted molar refractivity (Wildman–Crippen MR) is 65.9 cm³/mol. The van der Waals surface area contributed by atoms with Gasteiger partial charge in [0.25, 0.3) is 0 Å². The van der Waals surface area contributed by atoms with E-state index in [2.05, 4.69) is 6.92 Å². The molecule has 1 rings (SSSR count). The molecule has 3 heteroatoms. The SMILES string of the molecule is CCCN(c1ccccc1C)[C@H](C)C(=O)O. The summed E-state index contributed by atoms with van der Waals surface area (Å²) in [5, 5.41) is 9.09. The van der Waals surface area contributed by atoms with Gasteiger partial charge in [-0.2, -0.15) is 0 Å². The number of carboxylic acids is 1. The molecule has 0 fully saturated rings. The Morgan fingerprint density at radius 2 is 2.06 bits per heavy atom. The second kappa shape index (κ2) is 5.54. The van der Waals surface area contributed by atoms with E-state index in [-0.39, 0.29) is 0 Å². The minimum Gasteiger partial charge on any atom is -0.480 e. The summed E-state index contributed by atoms with van der Waals surface area (Å²) in [6.07, 6.45) is 0.936. The molecule has 88 valence electrons. The van der Waals surface area contributed by atoms with Crippen LogP contribution in [-0.4, -0.2) is 23.7 Å².